The quantitative estimate of drug-likeness (QED) is 0.187. The molecule has 14 heteroatoms. The predicted molar refractivity (Wildman–Crippen MR) is 129 cm³/mol. The molecule has 12 nitrogen and oxygen atoms in total. The highest BCUT2D eigenvalue weighted by Crippen LogP contribution is 2.22. The average Bonchev–Trinajstić information content (AvgIpc) is 2.83. The lowest BCUT2D eigenvalue weighted by atomic mass is 10.1. The summed E-state index contributed by atoms with van der Waals surface area (Å²) in [5.41, 5.74) is 3.11. The molecule has 0 aliphatic heterocycles. The molecule has 0 aliphatic carbocycles. The standard InChI is InChI=1S/C10H11FN2O3.C10H10FNO4.CH5N.CH3.H2O/c1-12-10(15)9(13-16-2)8-6(11)4-3-5-7(8)14;1-15-10(14)9(12-16-2)8-6(11)4-3-5-7(8)13;1-2;;/h3-5,14H,1-2H3,(H,12,15);3-5,13H,1-2H3;2H2,1H3;1H3;1H2/q;;;-1;. The lowest BCUT2D eigenvalue weighted by Gasteiger charge is -2.07. The van der Waals surface area contributed by atoms with Crippen LogP contribution in [0.5, 0.6) is 11.5 Å². The number of hydrogen-bond donors (Lipinski definition) is 4. The highest BCUT2D eigenvalue weighted by molar-refractivity contribution is 6.45. The molecule has 0 fully saturated rings. The number of aromatic hydroxyl groups is 2. The van der Waals surface area contributed by atoms with E-state index in [1.54, 1.807) is 0 Å². The van der Waals surface area contributed by atoms with Gasteiger partial charge in [-0.05, 0) is 31.3 Å². The summed E-state index contributed by atoms with van der Waals surface area (Å²) in [5.74, 6) is -3.88. The molecular formula is C22H31F2N4O8-. The van der Waals surface area contributed by atoms with E-state index in [2.05, 4.69) is 35.8 Å². The zero-order valence-electron chi connectivity index (χ0n) is 20.6. The fourth-order valence-electron chi connectivity index (χ4n) is 2.28. The van der Waals surface area contributed by atoms with Crippen LogP contribution in [0.15, 0.2) is 46.7 Å². The number of oxime groups is 2. The van der Waals surface area contributed by atoms with Crippen molar-refractivity contribution < 1.29 is 48.5 Å². The van der Waals surface area contributed by atoms with Crippen molar-refractivity contribution in [3.8, 4) is 11.5 Å². The van der Waals surface area contributed by atoms with Crippen molar-refractivity contribution >= 4 is 23.3 Å². The van der Waals surface area contributed by atoms with Gasteiger partial charge in [-0.3, -0.25) is 4.79 Å². The zero-order chi connectivity index (χ0) is 26.3. The van der Waals surface area contributed by atoms with Gasteiger partial charge in [-0.1, -0.05) is 22.4 Å². The van der Waals surface area contributed by atoms with Crippen molar-refractivity contribution in [2.24, 2.45) is 16.0 Å². The number of rotatable bonds is 6. The zero-order valence-corrected chi connectivity index (χ0v) is 20.6. The molecule has 0 unspecified atom stereocenters. The van der Waals surface area contributed by atoms with Crippen LogP contribution >= 0.6 is 0 Å². The second kappa shape index (κ2) is 19.1. The van der Waals surface area contributed by atoms with Gasteiger partial charge in [0.2, 0.25) is 5.71 Å². The van der Waals surface area contributed by atoms with E-state index >= 15 is 0 Å². The molecule has 0 saturated carbocycles. The number of likely N-dealkylation sites (N-methyl/N-ethyl adjacent to an activating group) is 1. The Labute approximate surface area is 207 Å². The van der Waals surface area contributed by atoms with Gasteiger partial charge in [0, 0.05) is 7.05 Å². The van der Waals surface area contributed by atoms with Gasteiger partial charge in [0.05, 0.1) is 18.2 Å². The van der Waals surface area contributed by atoms with E-state index in [0.717, 1.165) is 19.2 Å². The van der Waals surface area contributed by atoms with Crippen molar-refractivity contribution in [3.63, 3.8) is 0 Å². The number of benzene rings is 2. The number of ether oxygens (including phenoxy) is 1. The number of nitrogens with one attached hydrogen (secondary N) is 1. The van der Waals surface area contributed by atoms with Crippen molar-refractivity contribution in [1.82, 2.24) is 5.32 Å². The average molecular weight is 518 g/mol. The first kappa shape index (κ1) is 36.3. The van der Waals surface area contributed by atoms with Crippen molar-refractivity contribution in [2.75, 3.05) is 35.4 Å². The maximum absolute atomic E-state index is 13.4. The summed E-state index contributed by atoms with van der Waals surface area (Å²) in [5, 5.41) is 27.9. The lowest BCUT2D eigenvalue weighted by Crippen LogP contribution is -2.29. The van der Waals surface area contributed by atoms with Crippen LogP contribution < -0.4 is 11.1 Å². The van der Waals surface area contributed by atoms with E-state index in [4.69, 9.17) is 0 Å². The Hall–Kier alpha value is -4.30. The van der Waals surface area contributed by atoms with E-state index in [-0.39, 0.29) is 35.5 Å². The van der Waals surface area contributed by atoms with Crippen molar-refractivity contribution in [3.05, 3.63) is 66.6 Å². The number of hydrogen-bond acceptors (Lipinski definition) is 10. The third-order valence-corrected chi connectivity index (χ3v) is 3.64. The third-order valence-electron chi connectivity index (χ3n) is 3.64. The van der Waals surface area contributed by atoms with Gasteiger partial charge in [0.1, 0.15) is 37.4 Å². The maximum Gasteiger partial charge on any atom is 0.361 e. The SMILES string of the molecule is CN.CNC(=O)C(=NOC)c1c(O)cccc1F.CON=C(C(=O)OC)c1c(O)cccc1F.O.[CH3-]. The number of phenols is 2. The van der Waals surface area contributed by atoms with E-state index in [0.29, 0.717) is 0 Å². The van der Waals surface area contributed by atoms with E-state index in [9.17, 15) is 28.6 Å². The first-order chi connectivity index (χ1) is 16.2. The minimum Gasteiger partial charge on any atom is -0.507 e. The molecule has 2 aromatic rings. The molecule has 0 aromatic heterocycles. The van der Waals surface area contributed by atoms with Gasteiger partial charge >= 0.3 is 5.97 Å². The lowest BCUT2D eigenvalue weighted by molar-refractivity contribution is -0.132. The van der Waals surface area contributed by atoms with Gasteiger partial charge in [-0.25, -0.2) is 13.6 Å². The molecule has 0 heterocycles. The molecule has 36 heavy (non-hydrogen) atoms. The van der Waals surface area contributed by atoms with Crippen molar-refractivity contribution in [1.29, 1.82) is 0 Å². The number of amides is 1. The number of methoxy groups -OCH3 is 1. The highest BCUT2D eigenvalue weighted by Gasteiger charge is 2.23. The van der Waals surface area contributed by atoms with Crippen molar-refractivity contribution in [2.45, 2.75) is 0 Å². The first-order valence-electron chi connectivity index (χ1n) is 9.29. The smallest absolute Gasteiger partial charge is 0.361 e. The third kappa shape index (κ3) is 9.90. The van der Waals surface area contributed by atoms with Crippen LogP contribution in [0.2, 0.25) is 0 Å². The Morgan fingerprint density at radius 2 is 1.25 bits per heavy atom. The second-order valence-corrected chi connectivity index (χ2v) is 5.58. The number of nitrogens with zero attached hydrogens (tertiary/aromatic N) is 2. The number of halogens is 2. The topological polar surface area (TPSA) is 197 Å². The molecule has 0 aliphatic rings. The van der Waals surface area contributed by atoms with Crippen LogP contribution in [0, 0.1) is 19.1 Å². The minimum atomic E-state index is -0.901. The number of carbonyl (C=O) groups excluding carboxylic acids is 2. The summed E-state index contributed by atoms with van der Waals surface area (Å²) in [6, 6.07) is 7.31. The number of esters is 1. The summed E-state index contributed by atoms with van der Waals surface area (Å²) in [4.78, 5) is 31.5. The number of nitrogens with two attached hydrogens (primary N) is 1. The monoisotopic (exact) mass is 517 g/mol. The van der Waals surface area contributed by atoms with Gasteiger partial charge in [-0.15, -0.1) is 0 Å². The van der Waals surface area contributed by atoms with Gasteiger partial charge in [0.25, 0.3) is 5.91 Å². The number of carbonyl (C=O) groups is 2. The molecule has 0 bridgehead atoms. The summed E-state index contributed by atoms with van der Waals surface area (Å²) in [6.07, 6.45) is 0. The maximum atomic E-state index is 13.4. The molecule has 202 valence electrons. The number of phenolic OH excluding ortho intramolecular Hbond substituents is 2. The predicted octanol–water partition coefficient (Wildman–Crippen LogP) is 0.883. The fraction of sp³-hybridized carbons (Fsp3) is 0.227. The highest BCUT2D eigenvalue weighted by atomic mass is 19.1. The van der Waals surface area contributed by atoms with E-state index in [1.165, 1.54) is 52.6 Å². The molecule has 2 aromatic carbocycles. The molecule has 2 rings (SSSR count). The summed E-state index contributed by atoms with van der Waals surface area (Å²) < 4.78 is 31.3. The van der Waals surface area contributed by atoms with Crippen LogP contribution in [0.1, 0.15) is 11.1 Å². The molecule has 0 atom stereocenters. The first-order valence-corrected chi connectivity index (χ1v) is 9.29. The summed E-state index contributed by atoms with van der Waals surface area (Å²) in [6.45, 7) is 0. The van der Waals surface area contributed by atoms with E-state index in [1.807, 2.05) is 0 Å². The Morgan fingerprint density at radius 3 is 1.58 bits per heavy atom. The van der Waals surface area contributed by atoms with Crippen LogP contribution in [0.25, 0.3) is 0 Å². The van der Waals surface area contributed by atoms with Crippen LogP contribution in [0.4, 0.5) is 8.78 Å². The molecule has 1 amide bonds. The Balaban J connectivity index is -0.000000538. The summed E-state index contributed by atoms with van der Waals surface area (Å²) in [7, 11) is 6.40. The Bertz CT molecular complexity index is 911. The van der Waals surface area contributed by atoms with Crippen LogP contribution in [0.3, 0.4) is 0 Å². The van der Waals surface area contributed by atoms with Gasteiger partial charge in [0.15, 0.2) is 5.71 Å². The molecular weight excluding hydrogens is 486 g/mol. The Kier molecular flexibility index (Phi) is 19.2. The summed E-state index contributed by atoms with van der Waals surface area (Å²) >= 11 is 0. The van der Waals surface area contributed by atoms with E-state index < -0.39 is 35.0 Å². The molecule has 7 N–H and O–H groups in total. The van der Waals surface area contributed by atoms with Gasteiger partial charge in [-0.2, -0.15) is 0 Å². The molecule has 0 radical (unpaired) electrons. The largest absolute Gasteiger partial charge is 0.507 e. The fourth-order valence-corrected chi connectivity index (χ4v) is 2.28. The van der Waals surface area contributed by atoms with Gasteiger partial charge < -0.3 is 48.6 Å². The second-order valence-electron chi connectivity index (χ2n) is 5.58. The normalized spacial score (nSPS) is 10.0. The van der Waals surface area contributed by atoms with Crippen LogP contribution in [-0.2, 0) is 24.0 Å². The molecule has 0 spiro atoms. The van der Waals surface area contributed by atoms with Crippen LogP contribution in [-0.4, -0.2) is 74.4 Å². The minimum absolute atomic E-state index is 0. The molecule has 0 saturated heterocycles. The Morgan fingerprint density at radius 1 is 0.861 bits per heavy atom.